The SMILES string of the molecule is Clc1ccc(Cl)c(-c2noc(CCCCN3CCCCC3)n2)c1. The van der Waals surface area contributed by atoms with Crippen molar-refractivity contribution in [1.82, 2.24) is 15.0 Å². The molecule has 0 radical (unpaired) electrons. The maximum atomic E-state index is 6.17. The Morgan fingerprint density at radius 3 is 2.74 bits per heavy atom. The van der Waals surface area contributed by atoms with E-state index in [0.717, 1.165) is 19.3 Å². The molecule has 0 saturated carbocycles. The molecular formula is C17H21Cl2N3O. The molecular weight excluding hydrogens is 333 g/mol. The molecule has 6 heteroatoms. The number of nitrogens with zero attached hydrogens (tertiary/aromatic N) is 3. The number of hydrogen-bond donors (Lipinski definition) is 0. The highest BCUT2D eigenvalue weighted by Crippen LogP contribution is 2.28. The molecule has 0 spiro atoms. The molecule has 0 aliphatic carbocycles. The molecule has 23 heavy (non-hydrogen) atoms. The van der Waals surface area contributed by atoms with E-state index in [9.17, 15) is 0 Å². The second-order valence-electron chi connectivity index (χ2n) is 6.00. The van der Waals surface area contributed by atoms with E-state index in [1.165, 1.54) is 38.9 Å². The average molecular weight is 354 g/mol. The van der Waals surface area contributed by atoms with Gasteiger partial charge < -0.3 is 9.42 Å². The fourth-order valence-electron chi connectivity index (χ4n) is 2.93. The quantitative estimate of drug-likeness (QED) is 0.696. The Hall–Kier alpha value is -1.10. The van der Waals surface area contributed by atoms with Crippen LogP contribution in [0.4, 0.5) is 0 Å². The summed E-state index contributed by atoms with van der Waals surface area (Å²) in [6.07, 6.45) is 7.09. The van der Waals surface area contributed by atoms with Gasteiger partial charge in [0.1, 0.15) is 0 Å². The topological polar surface area (TPSA) is 42.2 Å². The van der Waals surface area contributed by atoms with Crippen molar-refractivity contribution in [1.29, 1.82) is 0 Å². The molecule has 3 rings (SSSR count). The zero-order valence-electron chi connectivity index (χ0n) is 13.1. The van der Waals surface area contributed by atoms with Gasteiger partial charge in [0.05, 0.1) is 5.02 Å². The van der Waals surface area contributed by atoms with E-state index in [0.29, 0.717) is 27.3 Å². The lowest BCUT2D eigenvalue weighted by atomic mass is 10.1. The Labute approximate surface area is 146 Å². The molecule has 0 N–H and O–H groups in total. The molecule has 124 valence electrons. The van der Waals surface area contributed by atoms with Crippen molar-refractivity contribution in [3.05, 3.63) is 34.1 Å². The van der Waals surface area contributed by atoms with Gasteiger partial charge in [-0.2, -0.15) is 4.98 Å². The van der Waals surface area contributed by atoms with E-state index in [1.807, 2.05) is 0 Å². The lowest BCUT2D eigenvalue weighted by Gasteiger charge is -2.26. The molecule has 0 unspecified atom stereocenters. The Morgan fingerprint density at radius 2 is 1.91 bits per heavy atom. The Kier molecular flexibility index (Phi) is 5.92. The van der Waals surface area contributed by atoms with Crippen molar-refractivity contribution < 1.29 is 4.52 Å². The summed E-state index contributed by atoms with van der Waals surface area (Å²) in [5, 5.41) is 5.20. The van der Waals surface area contributed by atoms with Crippen molar-refractivity contribution in [3.63, 3.8) is 0 Å². The minimum absolute atomic E-state index is 0.503. The predicted molar refractivity (Wildman–Crippen MR) is 93.0 cm³/mol. The molecule has 1 aromatic heterocycles. The van der Waals surface area contributed by atoms with Crippen LogP contribution in [0.2, 0.25) is 10.0 Å². The second-order valence-corrected chi connectivity index (χ2v) is 6.84. The van der Waals surface area contributed by atoms with E-state index in [-0.39, 0.29) is 0 Å². The summed E-state index contributed by atoms with van der Waals surface area (Å²) in [4.78, 5) is 6.98. The van der Waals surface area contributed by atoms with Crippen LogP contribution >= 0.6 is 23.2 Å². The lowest BCUT2D eigenvalue weighted by molar-refractivity contribution is 0.224. The third-order valence-electron chi connectivity index (χ3n) is 4.20. The fourth-order valence-corrected chi connectivity index (χ4v) is 3.30. The van der Waals surface area contributed by atoms with E-state index in [4.69, 9.17) is 27.7 Å². The normalized spacial score (nSPS) is 15.9. The molecule has 4 nitrogen and oxygen atoms in total. The van der Waals surface area contributed by atoms with E-state index >= 15 is 0 Å². The Morgan fingerprint density at radius 1 is 1.09 bits per heavy atom. The van der Waals surface area contributed by atoms with Crippen molar-refractivity contribution in [2.45, 2.75) is 38.5 Å². The summed E-state index contributed by atoms with van der Waals surface area (Å²) in [5.74, 6) is 1.17. The number of aryl methyl sites for hydroxylation is 1. The highest BCUT2D eigenvalue weighted by molar-refractivity contribution is 6.35. The molecule has 1 aromatic carbocycles. The van der Waals surface area contributed by atoms with Crippen LogP contribution in [0.25, 0.3) is 11.4 Å². The molecule has 0 atom stereocenters. The van der Waals surface area contributed by atoms with Gasteiger partial charge >= 0.3 is 0 Å². The number of aromatic nitrogens is 2. The van der Waals surface area contributed by atoms with Gasteiger partial charge in [-0.05, 0) is 63.5 Å². The van der Waals surface area contributed by atoms with Crippen LogP contribution in [-0.4, -0.2) is 34.7 Å². The summed E-state index contributed by atoms with van der Waals surface area (Å²) in [6.45, 7) is 3.66. The first-order chi connectivity index (χ1) is 11.2. The molecule has 1 fully saturated rings. The van der Waals surface area contributed by atoms with Crippen LogP contribution < -0.4 is 0 Å². The summed E-state index contributed by atoms with van der Waals surface area (Å²) in [5.41, 5.74) is 0.711. The molecule has 1 saturated heterocycles. The van der Waals surface area contributed by atoms with Crippen LogP contribution in [-0.2, 0) is 6.42 Å². The summed E-state index contributed by atoms with van der Waals surface area (Å²) in [6, 6.07) is 5.25. The first-order valence-electron chi connectivity index (χ1n) is 8.23. The number of piperidine rings is 1. The number of likely N-dealkylation sites (tertiary alicyclic amines) is 1. The van der Waals surface area contributed by atoms with E-state index in [2.05, 4.69) is 15.0 Å². The summed E-state index contributed by atoms with van der Waals surface area (Å²) >= 11 is 12.2. The van der Waals surface area contributed by atoms with Gasteiger partial charge in [0.2, 0.25) is 11.7 Å². The van der Waals surface area contributed by atoms with Crippen LogP contribution in [0.15, 0.2) is 22.7 Å². The molecule has 0 bridgehead atoms. The molecule has 1 aliphatic rings. The van der Waals surface area contributed by atoms with Crippen LogP contribution in [0.3, 0.4) is 0 Å². The highest BCUT2D eigenvalue weighted by Gasteiger charge is 2.13. The number of halogens is 2. The maximum Gasteiger partial charge on any atom is 0.226 e. The van der Waals surface area contributed by atoms with Crippen molar-refractivity contribution in [3.8, 4) is 11.4 Å². The predicted octanol–water partition coefficient (Wildman–Crippen LogP) is 4.85. The van der Waals surface area contributed by atoms with Crippen molar-refractivity contribution >= 4 is 23.2 Å². The van der Waals surface area contributed by atoms with Gasteiger partial charge in [0, 0.05) is 17.0 Å². The minimum atomic E-state index is 0.503. The van der Waals surface area contributed by atoms with Gasteiger partial charge in [-0.15, -0.1) is 0 Å². The third-order valence-corrected chi connectivity index (χ3v) is 4.77. The maximum absolute atomic E-state index is 6.17. The fraction of sp³-hybridized carbons (Fsp3) is 0.529. The zero-order valence-corrected chi connectivity index (χ0v) is 14.6. The van der Waals surface area contributed by atoms with Crippen molar-refractivity contribution in [2.75, 3.05) is 19.6 Å². The van der Waals surface area contributed by atoms with Gasteiger partial charge in [0.15, 0.2) is 0 Å². The average Bonchev–Trinajstić information content (AvgIpc) is 3.03. The highest BCUT2D eigenvalue weighted by atomic mass is 35.5. The Bertz CT molecular complexity index is 639. The van der Waals surface area contributed by atoms with Gasteiger partial charge in [0.25, 0.3) is 0 Å². The largest absolute Gasteiger partial charge is 0.339 e. The van der Waals surface area contributed by atoms with Crippen molar-refractivity contribution in [2.24, 2.45) is 0 Å². The monoisotopic (exact) mass is 353 g/mol. The number of hydrogen-bond acceptors (Lipinski definition) is 4. The zero-order chi connectivity index (χ0) is 16.1. The third kappa shape index (κ3) is 4.69. The van der Waals surface area contributed by atoms with Gasteiger partial charge in [-0.3, -0.25) is 0 Å². The van der Waals surface area contributed by atoms with Gasteiger partial charge in [-0.1, -0.05) is 34.8 Å². The second kappa shape index (κ2) is 8.13. The van der Waals surface area contributed by atoms with E-state index < -0.39 is 0 Å². The standard InChI is InChI=1S/C17H21Cl2N3O/c18-13-7-8-15(19)14(12-13)17-20-16(23-21-17)6-2-5-11-22-9-3-1-4-10-22/h7-8,12H,1-6,9-11H2. The number of unbranched alkanes of at least 4 members (excludes halogenated alkanes) is 1. The van der Waals surface area contributed by atoms with Crippen LogP contribution in [0.1, 0.15) is 38.0 Å². The molecule has 2 aromatic rings. The van der Waals surface area contributed by atoms with Crippen LogP contribution in [0, 0.1) is 0 Å². The van der Waals surface area contributed by atoms with Crippen LogP contribution in [0.5, 0.6) is 0 Å². The minimum Gasteiger partial charge on any atom is -0.339 e. The summed E-state index contributed by atoms with van der Waals surface area (Å²) < 4.78 is 5.33. The lowest BCUT2D eigenvalue weighted by Crippen LogP contribution is -2.30. The molecule has 0 amide bonds. The molecule has 1 aliphatic heterocycles. The summed E-state index contributed by atoms with van der Waals surface area (Å²) in [7, 11) is 0. The Balaban J connectivity index is 1.50. The molecule has 2 heterocycles. The first kappa shape index (κ1) is 16.7. The van der Waals surface area contributed by atoms with E-state index in [1.54, 1.807) is 18.2 Å². The number of rotatable bonds is 6. The first-order valence-corrected chi connectivity index (χ1v) is 8.98. The smallest absolute Gasteiger partial charge is 0.226 e. The number of benzene rings is 1. The van der Waals surface area contributed by atoms with Gasteiger partial charge in [-0.25, -0.2) is 0 Å².